The summed E-state index contributed by atoms with van der Waals surface area (Å²) in [5.41, 5.74) is 8.37. The first kappa shape index (κ1) is 15.2. The van der Waals surface area contributed by atoms with Crippen molar-refractivity contribution in [1.82, 2.24) is 0 Å². The van der Waals surface area contributed by atoms with Gasteiger partial charge in [-0.25, -0.2) is 0 Å². The highest BCUT2D eigenvalue weighted by Crippen LogP contribution is 2.12. The molecule has 1 heteroatoms. The van der Waals surface area contributed by atoms with Gasteiger partial charge in [-0.2, -0.15) is 0 Å². The average molecular weight is 221 g/mol. The number of rotatable bonds is 7. The zero-order valence-corrected chi connectivity index (χ0v) is 11.3. The van der Waals surface area contributed by atoms with Crippen LogP contribution in [0.25, 0.3) is 0 Å². The predicted molar refractivity (Wildman–Crippen MR) is 74.4 cm³/mol. The molecule has 2 atom stereocenters. The van der Waals surface area contributed by atoms with Gasteiger partial charge in [-0.1, -0.05) is 56.2 Å². The van der Waals surface area contributed by atoms with E-state index in [4.69, 9.17) is 5.73 Å². The molecule has 0 amide bonds. The van der Waals surface area contributed by atoms with Crippen molar-refractivity contribution in [3.05, 3.63) is 36.0 Å². The van der Waals surface area contributed by atoms with Crippen LogP contribution < -0.4 is 5.73 Å². The van der Waals surface area contributed by atoms with Gasteiger partial charge in [-0.05, 0) is 32.6 Å². The number of allylic oxidation sites excluding steroid dienone is 4. The van der Waals surface area contributed by atoms with E-state index in [2.05, 4.69) is 45.6 Å². The van der Waals surface area contributed by atoms with Crippen molar-refractivity contribution < 1.29 is 0 Å². The summed E-state index contributed by atoms with van der Waals surface area (Å²) in [6, 6.07) is 0.125. The lowest BCUT2D eigenvalue weighted by Gasteiger charge is -2.14. The molecule has 0 aromatic carbocycles. The molecule has 0 radical (unpaired) electrons. The molecule has 0 aliphatic rings. The summed E-state index contributed by atoms with van der Waals surface area (Å²) in [7, 11) is 0. The Morgan fingerprint density at radius 2 is 2.00 bits per heavy atom. The van der Waals surface area contributed by atoms with Gasteiger partial charge in [0.05, 0.1) is 0 Å². The molecule has 0 spiro atoms. The molecule has 0 bridgehead atoms. The first-order valence-electron chi connectivity index (χ1n) is 6.23. The van der Waals surface area contributed by atoms with Gasteiger partial charge >= 0.3 is 0 Å². The third-order valence-corrected chi connectivity index (χ3v) is 2.70. The Labute approximate surface area is 101 Å². The predicted octanol–water partition coefficient (Wildman–Crippen LogP) is 4.22. The molecule has 0 rings (SSSR count). The van der Waals surface area contributed by atoms with Gasteiger partial charge < -0.3 is 5.73 Å². The summed E-state index contributed by atoms with van der Waals surface area (Å²) in [6.07, 6.45) is 10.1. The van der Waals surface area contributed by atoms with Gasteiger partial charge in [-0.15, -0.1) is 0 Å². The number of hydrogen-bond donors (Lipinski definition) is 1. The zero-order valence-electron chi connectivity index (χ0n) is 11.3. The van der Waals surface area contributed by atoms with Crippen LogP contribution in [0.15, 0.2) is 36.0 Å². The van der Waals surface area contributed by atoms with Crippen molar-refractivity contribution in [2.45, 2.75) is 53.0 Å². The Hall–Kier alpha value is -0.820. The molecule has 0 aromatic heterocycles. The maximum absolute atomic E-state index is 5.96. The first-order chi connectivity index (χ1) is 7.47. The second kappa shape index (κ2) is 8.35. The van der Waals surface area contributed by atoms with E-state index in [-0.39, 0.29) is 6.04 Å². The minimum Gasteiger partial charge on any atom is -0.324 e. The molecule has 16 heavy (non-hydrogen) atoms. The molecule has 2 N–H and O–H groups in total. The largest absolute Gasteiger partial charge is 0.324 e. The van der Waals surface area contributed by atoms with Gasteiger partial charge in [0.25, 0.3) is 0 Å². The molecule has 0 aliphatic carbocycles. The number of hydrogen-bond acceptors (Lipinski definition) is 1. The zero-order chi connectivity index (χ0) is 12.6. The van der Waals surface area contributed by atoms with E-state index >= 15 is 0 Å². The van der Waals surface area contributed by atoms with Crippen LogP contribution in [0.5, 0.6) is 0 Å². The highest BCUT2D eigenvalue weighted by atomic mass is 14.6. The molecule has 0 heterocycles. The van der Waals surface area contributed by atoms with Crippen LogP contribution in [0.1, 0.15) is 47.0 Å². The molecular formula is C15H27N. The lowest BCUT2D eigenvalue weighted by molar-refractivity contribution is 0.578. The molecular weight excluding hydrogens is 194 g/mol. The first-order valence-corrected chi connectivity index (χ1v) is 6.23. The normalized spacial score (nSPS) is 16.4. The van der Waals surface area contributed by atoms with Crippen LogP contribution in [-0.2, 0) is 0 Å². The molecule has 0 aliphatic heterocycles. The molecule has 92 valence electrons. The molecule has 0 fully saturated rings. The molecule has 1 nitrogen and oxygen atoms in total. The number of nitrogens with two attached hydrogens (primary N) is 1. The molecule has 0 saturated carbocycles. The van der Waals surface area contributed by atoms with E-state index in [1.807, 2.05) is 6.92 Å². The Morgan fingerprint density at radius 1 is 1.38 bits per heavy atom. The summed E-state index contributed by atoms with van der Waals surface area (Å²) in [5, 5.41) is 0. The standard InChI is InChI=1S/C15H27N/c1-6-7-8-13(4)9-10-14(5)11-15(16)12(2)3/h8-10,14-15H,2,6-7,11,16H2,1,3-5H3/b10-9-,13-8-. The Morgan fingerprint density at radius 3 is 2.50 bits per heavy atom. The van der Waals surface area contributed by atoms with Crippen molar-refractivity contribution in [2.24, 2.45) is 11.7 Å². The Balaban J connectivity index is 4.08. The third kappa shape index (κ3) is 7.47. The fourth-order valence-electron chi connectivity index (χ4n) is 1.44. The molecule has 0 aromatic rings. The van der Waals surface area contributed by atoms with Crippen molar-refractivity contribution in [2.75, 3.05) is 0 Å². The molecule has 2 unspecified atom stereocenters. The van der Waals surface area contributed by atoms with Crippen LogP contribution in [0.2, 0.25) is 0 Å². The average Bonchev–Trinajstić information content (AvgIpc) is 2.23. The summed E-state index contributed by atoms with van der Waals surface area (Å²) in [4.78, 5) is 0. The van der Waals surface area contributed by atoms with E-state index in [0.29, 0.717) is 5.92 Å². The lowest BCUT2D eigenvalue weighted by atomic mass is 9.97. The third-order valence-electron chi connectivity index (χ3n) is 2.70. The fraction of sp³-hybridized carbons (Fsp3) is 0.600. The Kier molecular flexibility index (Phi) is 7.92. The SMILES string of the molecule is C=C(C)C(N)CC(C)/C=C\C(C)=C/CCC. The van der Waals surface area contributed by atoms with Crippen molar-refractivity contribution in [3.63, 3.8) is 0 Å². The van der Waals surface area contributed by atoms with Crippen LogP contribution in [0, 0.1) is 5.92 Å². The maximum atomic E-state index is 5.96. The van der Waals surface area contributed by atoms with Gasteiger partial charge in [0.2, 0.25) is 0 Å². The van der Waals surface area contributed by atoms with E-state index in [9.17, 15) is 0 Å². The highest BCUT2D eigenvalue weighted by Gasteiger charge is 2.06. The van der Waals surface area contributed by atoms with Gasteiger partial charge in [0, 0.05) is 6.04 Å². The van der Waals surface area contributed by atoms with E-state index in [1.165, 1.54) is 12.0 Å². The summed E-state index contributed by atoms with van der Waals surface area (Å²) >= 11 is 0. The van der Waals surface area contributed by atoms with Crippen LogP contribution >= 0.6 is 0 Å². The van der Waals surface area contributed by atoms with Crippen LogP contribution in [0.4, 0.5) is 0 Å². The summed E-state index contributed by atoms with van der Waals surface area (Å²) < 4.78 is 0. The van der Waals surface area contributed by atoms with E-state index < -0.39 is 0 Å². The second-order valence-corrected chi connectivity index (χ2v) is 4.76. The lowest BCUT2D eigenvalue weighted by Crippen LogP contribution is -2.22. The minimum absolute atomic E-state index is 0.125. The van der Waals surface area contributed by atoms with Crippen molar-refractivity contribution >= 4 is 0 Å². The van der Waals surface area contributed by atoms with Gasteiger partial charge in [-0.3, -0.25) is 0 Å². The van der Waals surface area contributed by atoms with Gasteiger partial charge in [0.1, 0.15) is 0 Å². The van der Waals surface area contributed by atoms with Crippen molar-refractivity contribution in [3.8, 4) is 0 Å². The van der Waals surface area contributed by atoms with Crippen LogP contribution in [0.3, 0.4) is 0 Å². The molecule has 0 saturated heterocycles. The maximum Gasteiger partial charge on any atom is 0.0253 e. The quantitative estimate of drug-likeness (QED) is 0.505. The van der Waals surface area contributed by atoms with E-state index in [1.54, 1.807) is 0 Å². The summed E-state index contributed by atoms with van der Waals surface area (Å²) in [6.45, 7) is 12.4. The van der Waals surface area contributed by atoms with Gasteiger partial charge in [0.15, 0.2) is 0 Å². The number of unbranched alkanes of at least 4 members (excludes halogenated alkanes) is 1. The highest BCUT2D eigenvalue weighted by molar-refractivity contribution is 5.16. The summed E-state index contributed by atoms with van der Waals surface area (Å²) in [5.74, 6) is 0.511. The Bertz CT molecular complexity index is 261. The smallest absolute Gasteiger partial charge is 0.0253 e. The fourth-order valence-corrected chi connectivity index (χ4v) is 1.44. The topological polar surface area (TPSA) is 26.0 Å². The minimum atomic E-state index is 0.125. The van der Waals surface area contributed by atoms with Crippen LogP contribution in [-0.4, -0.2) is 6.04 Å². The van der Waals surface area contributed by atoms with Crippen molar-refractivity contribution in [1.29, 1.82) is 0 Å². The second-order valence-electron chi connectivity index (χ2n) is 4.76. The monoisotopic (exact) mass is 221 g/mol. The van der Waals surface area contributed by atoms with E-state index in [0.717, 1.165) is 18.4 Å².